The Kier molecular flexibility index (Phi) is 6.68. The van der Waals surface area contributed by atoms with Crippen LogP contribution in [0.2, 0.25) is 5.02 Å². The van der Waals surface area contributed by atoms with Crippen molar-refractivity contribution in [1.82, 2.24) is 9.78 Å². The maximum atomic E-state index is 11.1. The van der Waals surface area contributed by atoms with Crippen molar-refractivity contribution < 1.29 is 9.53 Å². The predicted octanol–water partition coefficient (Wildman–Crippen LogP) is 1.76. The van der Waals surface area contributed by atoms with E-state index < -0.39 is 6.04 Å². The fourth-order valence-electron chi connectivity index (χ4n) is 1.62. The Morgan fingerprint density at radius 3 is 2.84 bits per heavy atom. The van der Waals surface area contributed by atoms with Gasteiger partial charge in [0, 0.05) is 12.8 Å². The number of aryl methyl sites for hydroxylation is 2. The molecule has 0 fully saturated rings. The van der Waals surface area contributed by atoms with Crippen molar-refractivity contribution in [2.45, 2.75) is 31.6 Å². The number of methoxy groups -OCH3 is 1. The molecule has 0 spiro atoms. The molecule has 0 aliphatic carbocycles. The number of hydrogen-bond donors (Lipinski definition) is 1. The van der Waals surface area contributed by atoms with Crippen LogP contribution in [0, 0.1) is 0 Å². The van der Waals surface area contributed by atoms with Gasteiger partial charge in [0.1, 0.15) is 6.04 Å². The molecule has 5 nitrogen and oxygen atoms in total. The molecule has 7 heteroatoms. The van der Waals surface area contributed by atoms with Crippen LogP contribution in [0.15, 0.2) is 0 Å². The third kappa shape index (κ3) is 4.40. The third-order valence-corrected chi connectivity index (χ3v) is 4.26. The van der Waals surface area contributed by atoms with E-state index in [0.717, 1.165) is 34.3 Å². The van der Waals surface area contributed by atoms with Gasteiger partial charge in [-0.2, -0.15) is 16.9 Å². The maximum Gasteiger partial charge on any atom is 0.322 e. The highest BCUT2D eigenvalue weighted by molar-refractivity contribution is 7.98. The van der Waals surface area contributed by atoms with Gasteiger partial charge < -0.3 is 10.5 Å². The lowest BCUT2D eigenvalue weighted by Gasteiger charge is -2.08. The summed E-state index contributed by atoms with van der Waals surface area (Å²) in [5, 5.41) is 5.10. The molecule has 0 aliphatic rings. The van der Waals surface area contributed by atoms with Crippen LogP contribution in [0.5, 0.6) is 0 Å². The van der Waals surface area contributed by atoms with E-state index in [0.29, 0.717) is 6.42 Å². The van der Waals surface area contributed by atoms with Crippen molar-refractivity contribution in [3.8, 4) is 0 Å². The summed E-state index contributed by atoms with van der Waals surface area (Å²) in [6.07, 6.45) is 1.41. The highest BCUT2D eigenvalue weighted by atomic mass is 35.5. The predicted molar refractivity (Wildman–Crippen MR) is 78.4 cm³/mol. The Hall–Kier alpha value is -0.720. The van der Waals surface area contributed by atoms with Crippen molar-refractivity contribution in [3.63, 3.8) is 0 Å². The third-order valence-electron chi connectivity index (χ3n) is 2.82. The number of nitrogens with zero attached hydrogens (tertiary/aromatic N) is 2. The molecule has 1 rings (SSSR count). The molecule has 0 aromatic carbocycles. The highest BCUT2D eigenvalue weighted by Gasteiger charge is 2.15. The van der Waals surface area contributed by atoms with E-state index in [-0.39, 0.29) is 5.97 Å². The number of rotatable bonds is 7. The van der Waals surface area contributed by atoms with E-state index in [2.05, 4.69) is 9.84 Å². The molecule has 19 heavy (non-hydrogen) atoms. The molecule has 0 radical (unpaired) electrons. The molecule has 1 aromatic heterocycles. The van der Waals surface area contributed by atoms with Crippen molar-refractivity contribution in [2.24, 2.45) is 12.8 Å². The first-order chi connectivity index (χ1) is 9.01. The highest BCUT2D eigenvalue weighted by Crippen LogP contribution is 2.25. The zero-order valence-electron chi connectivity index (χ0n) is 11.5. The van der Waals surface area contributed by atoms with Gasteiger partial charge in [-0.05, 0) is 18.6 Å². The number of thioether (sulfide) groups is 1. The van der Waals surface area contributed by atoms with Crippen molar-refractivity contribution in [1.29, 1.82) is 0 Å². The molecule has 0 bridgehead atoms. The number of hydrogen-bond acceptors (Lipinski definition) is 5. The minimum absolute atomic E-state index is 0.368. The monoisotopic (exact) mass is 305 g/mol. The fraction of sp³-hybridized carbons (Fsp3) is 0.667. The SMILES string of the molecule is CCc1nn(C)c(CSCCC(N)C(=O)OC)c1Cl. The van der Waals surface area contributed by atoms with E-state index in [9.17, 15) is 4.79 Å². The smallest absolute Gasteiger partial charge is 0.322 e. The van der Waals surface area contributed by atoms with E-state index in [4.69, 9.17) is 17.3 Å². The minimum atomic E-state index is -0.550. The van der Waals surface area contributed by atoms with E-state index in [1.165, 1.54) is 7.11 Å². The van der Waals surface area contributed by atoms with Gasteiger partial charge in [0.15, 0.2) is 0 Å². The maximum absolute atomic E-state index is 11.1. The number of esters is 1. The molecule has 1 atom stereocenters. The van der Waals surface area contributed by atoms with Crippen LogP contribution in [0.4, 0.5) is 0 Å². The lowest BCUT2D eigenvalue weighted by molar-refractivity contribution is -0.142. The second kappa shape index (κ2) is 7.77. The Balaban J connectivity index is 2.42. The van der Waals surface area contributed by atoms with Gasteiger partial charge in [-0.1, -0.05) is 18.5 Å². The van der Waals surface area contributed by atoms with Crippen LogP contribution in [-0.2, 0) is 28.8 Å². The van der Waals surface area contributed by atoms with Crippen LogP contribution >= 0.6 is 23.4 Å². The summed E-state index contributed by atoms with van der Waals surface area (Å²) < 4.78 is 6.39. The quantitative estimate of drug-likeness (QED) is 0.614. The van der Waals surface area contributed by atoms with Crippen LogP contribution < -0.4 is 5.73 Å². The number of carbonyl (C=O) groups is 1. The summed E-state index contributed by atoms with van der Waals surface area (Å²) in [4.78, 5) is 11.1. The van der Waals surface area contributed by atoms with Crippen molar-refractivity contribution in [3.05, 3.63) is 16.4 Å². The van der Waals surface area contributed by atoms with Gasteiger partial charge in [0.05, 0.1) is 23.5 Å². The van der Waals surface area contributed by atoms with Crippen molar-refractivity contribution >= 4 is 29.3 Å². The van der Waals surface area contributed by atoms with Gasteiger partial charge >= 0.3 is 5.97 Å². The second-order valence-corrected chi connectivity index (χ2v) is 5.64. The van der Waals surface area contributed by atoms with Gasteiger partial charge in [0.2, 0.25) is 0 Å². The summed E-state index contributed by atoms with van der Waals surface area (Å²) >= 11 is 7.93. The standard InChI is InChI=1S/C12H20ClN3O2S/c1-4-9-11(13)10(16(2)15-9)7-19-6-5-8(14)12(17)18-3/h8H,4-7,14H2,1-3H3. The number of nitrogens with two attached hydrogens (primary N) is 1. The first-order valence-corrected chi connectivity index (χ1v) is 7.65. The fourth-order valence-corrected chi connectivity index (χ4v) is 3.15. The van der Waals surface area contributed by atoms with Gasteiger partial charge in [0.25, 0.3) is 0 Å². The Bertz CT molecular complexity index is 437. The zero-order chi connectivity index (χ0) is 14.4. The average molecular weight is 306 g/mol. The Morgan fingerprint density at radius 1 is 1.63 bits per heavy atom. The number of ether oxygens (including phenoxy) is 1. The van der Waals surface area contributed by atoms with Gasteiger partial charge in [-0.25, -0.2) is 0 Å². The molecule has 1 heterocycles. The number of aromatic nitrogens is 2. The Labute approximate surface area is 122 Å². The lowest BCUT2D eigenvalue weighted by Crippen LogP contribution is -2.31. The minimum Gasteiger partial charge on any atom is -0.468 e. The Morgan fingerprint density at radius 2 is 2.32 bits per heavy atom. The topological polar surface area (TPSA) is 70.1 Å². The normalized spacial score (nSPS) is 12.5. The first kappa shape index (κ1) is 16.3. The van der Waals surface area contributed by atoms with E-state index in [1.54, 1.807) is 11.8 Å². The summed E-state index contributed by atoms with van der Waals surface area (Å²) in [6, 6.07) is -0.550. The molecular weight excluding hydrogens is 286 g/mol. The van der Waals surface area contributed by atoms with Crippen LogP contribution in [0.1, 0.15) is 24.7 Å². The summed E-state index contributed by atoms with van der Waals surface area (Å²) in [7, 11) is 3.23. The zero-order valence-corrected chi connectivity index (χ0v) is 13.1. The van der Waals surface area contributed by atoms with Crippen LogP contribution in [-0.4, -0.2) is 34.7 Å². The molecule has 0 amide bonds. The van der Waals surface area contributed by atoms with E-state index in [1.807, 2.05) is 18.7 Å². The average Bonchev–Trinajstić information content (AvgIpc) is 2.68. The molecule has 0 saturated carbocycles. The van der Waals surface area contributed by atoms with Crippen LogP contribution in [0.25, 0.3) is 0 Å². The summed E-state index contributed by atoms with van der Waals surface area (Å²) in [5.41, 5.74) is 7.59. The molecule has 1 unspecified atom stereocenters. The molecule has 1 aromatic rings. The molecule has 108 valence electrons. The largest absolute Gasteiger partial charge is 0.468 e. The lowest BCUT2D eigenvalue weighted by atomic mass is 10.2. The first-order valence-electron chi connectivity index (χ1n) is 6.12. The summed E-state index contributed by atoms with van der Waals surface area (Å²) in [5.74, 6) is 1.17. The second-order valence-electron chi connectivity index (χ2n) is 4.16. The van der Waals surface area contributed by atoms with Crippen LogP contribution in [0.3, 0.4) is 0 Å². The molecule has 2 N–H and O–H groups in total. The van der Waals surface area contributed by atoms with Gasteiger partial charge in [-0.3, -0.25) is 9.48 Å². The number of halogens is 1. The van der Waals surface area contributed by atoms with Crippen molar-refractivity contribution in [2.75, 3.05) is 12.9 Å². The van der Waals surface area contributed by atoms with Gasteiger partial charge in [-0.15, -0.1) is 0 Å². The number of carbonyl (C=O) groups excluding carboxylic acids is 1. The molecule has 0 aliphatic heterocycles. The molecule has 0 saturated heterocycles. The summed E-state index contributed by atoms with van der Waals surface area (Å²) in [6.45, 7) is 2.03. The molecular formula is C12H20ClN3O2S. The van der Waals surface area contributed by atoms with E-state index >= 15 is 0 Å².